The molecule has 3 nitrogen and oxygen atoms in total. The van der Waals surface area contributed by atoms with Gasteiger partial charge in [-0.15, -0.1) is 11.3 Å². The summed E-state index contributed by atoms with van der Waals surface area (Å²) in [5, 5.41) is 20.8. The van der Waals surface area contributed by atoms with Crippen molar-refractivity contribution >= 4 is 33.0 Å². The van der Waals surface area contributed by atoms with Gasteiger partial charge in [-0.25, -0.2) is 4.39 Å². The molecule has 2 heterocycles. The molecule has 6 heteroatoms. The molecule has 1 saturated heterocycles. The number of fused-ring (bicyclic) bond motifs is 1. The molecule has 0 aliphatic carbocycles. The van der Waals surface area contributed by atoms with Crippen LogP contribution in [0, 0.1) is 0 Å². The van der Waals surface area contributed by atoms with Gasteiger partial charge in [-0.1, -0.05) is 49.7 Å². The highest BCUT2D eigenvalue weighted by molar-refractivity contribution is 7.19. The minimum absolute atomic E-state index is 0.151. The monoisotopic (exact) mass is 436 g/mol. The molecular weight excluding hydrogens is 411 g/mol. The van der Waals surface area contributed by atoms with Gasteiger partial charge in [0.15, 0.2) is 6.17 Å². The number of benzene rings is 2. The van der Waals surface area contributed by atoms with E-state index in [1.54, 1.807) is 18.2 Å². The Morgan fingerprint density at radius 1 is 1.17 bits per heavy atom. The number of alkyl halides is 1. The van der Waals surface area contributed by atoms with Gasteiger partial charge in [0.25, 0.3) is 0 Å². The first-order valence-corrected chi connectivity index (χ1v) is 11.1. The summed E-state index contributed by atoms with van der Waals surface area (Å²) in [4.78, 5) is 0.605. The Morgan fingerprint density at radius 3 is 2.66 bits per heavy atom. The first-order chi connectivity index (χ1) is 14.0. The minimum Gasteiger partial charge on any atom is -0.394 e. The highest BCUT2D eigenvalue weighted by Crippen LogP contribution is 2.40. The molecule has 0 saturated carbocycles. The lowest BCUT2D eigenvalue weighted by Gasteiger charge is -2.32. The number of aliphatic hydroxyl groups excluding tert-OH is 2. The molecule has 2 aromatic carbocycles. The molecule has 0 radical (unpaired) electrons. The van der Waals surface area contributed by atoms with Crippen molar-refractivity contribution in [3.05, 3.63) is 69.6 Å². The lowest BCUT2D eigenvalue weighted by Crippen LogP contribution is -2.33. The van der Waals surface area contributed by atoms with Crippen molar-refractivity contribution in [1.29, 1.82) is 0 Å². The second kappa shape index (κ2) is 10.0. The van der Waals surface area contributed by atoms with Gasteiger partial charge in [-0.2, -0.15) is 0 Å². The second-order valence-electron chi connectivity index (χ2n) is 6.88. The van der Waals surface area contributed by atoms with E-state index in [9.17, 15) is 10.2 Å². The molecule has 1 aromatic heterocycles. The SMILES string of the molecule is CC.OCC1CC(O)CC(c2ccc(Cl)c(C(F)c3cc4ccccc4s3)c2)O1. The molecular formula is C23H26ClFO3S. The number of hydrogen-bond acceptors (Lipinski definition) is 4. The van der Waals surface area contributed by atoms with Crippen LogP contribution in [0.15, 0.2) is 48.5 Å². The summed E-state index contributed by atoms with van der Waals surface area (Å²) in [6.45, 7) is 3.85. The molecule has 4 atom stereocenters. The predicted molar refractivity (Wildman–Crippen MR) is 118 cm³/mol. The number of halogens is 2. The Morgan fingerprint density at radius 2 is 1.93 bits per heavy atom. The van der Waals surface area contributed by atoms with Crippen LogP contribution in [0.1, 0.15) is 55.0 Å². The fourth-order valence-electron chi connectivity index (χ4n) is 3.56. The van der Waals surface area contributed by atoms with E-state index in [2.05, 4.69) is 0 Å². The van der Waals surface area contributed by atoms with Gasteiger partial charge in [0, 0.05) is 33.0 Å². The standard InChI is InChI=1S/C21H20ClFO3S.C2H6/c22-17-6-5-12(18-10-14(25)9-15(11-24)26-18)7-16(17)21(23)20-8-13-3-1-2-4-19(13)27-20;1-2/h1-8,14-15,18,21,24-25H,9-11H2;1-2H3. The molecule has 4 rings (SSSR count). The summed E-state index contributed by atoms with van der Waals surface area (Å²) in [5.41, 5.74) is 1.15. The van der Waals surface area contributed by atoms with Gasteiger partial charge < -0.3 is 14.9 Å². The Kier molecular flexibility index (Phi) is 7.66. The first kappa shape index (κ1) is 22.2. The van der Waals surface area contributed by atoms with Crippen LogP contribution in [0.5, 0.6) is 0 Å². The molecule has 0 amide bonds. The van der Waals surface area contributed by atoms with E-state index in [1.165, 1.54) is 11.3 Å². The average Bonchev–Trinajstić information content (AvgIpc) is 3.19. The van der Waals surface area contributed by atoms with Crippen LogP contribution in [0.25, 0.3) is 10.1 Å². The van der Waals surface area contributed by atoms with Crippen LogP contribution in [0.2, 0.25) is 5.02 Å². The third kappa shape index (κ3) is 4.98. The fraction of sp³-hybridized carbons (Fsp3) is 0.391. The molecule has 29 heavy (non-hydrogen) atoms. The maximum atomic E-state index is 15.3. The highest BCUT2D eigenvalue weighted by Gasteiger charge is 2.30. The number of rotatable bonds is 4. The van der Waals surface area contributed by atoms with Gasteiger partial charge in [-0.05, 0) is 35.2 Å². The maximum absolute atomic E-state index is 15.3. The van der Waals surface area contributed by atoms with Crippen molar-refractivity contribution in [2.24, 2.45) is 0 Å². The van der Waals surface area contributed by atoms with Gasteiger partial charge in [0.2, 0.25) is 0 Å². The summed E-state index contributed by atoms with van der Waals surface area (Å²) in [6.07, 6.45) is -1.88. The van der Waals surface area contributed by atoms with Crippen molar-refractivity contribution < 1.29 is 19.3 Å². The molecule has 4 unspecified atom stereocenters. The maximum Gasteiger partial charge on any atom is 0.161 e. The summed E-state index contributed by atoms with van der Waals surface area (Å²) >= 11 is 7.71. The number of thiophene rings is 1. The van der Waals surface area contributed by atoms with Crippen LogP contribution in [0.3, 0.4) is 0 Å². The summed E-state index contributed by atoms with van der Waals surface area (Å²) in [7, 11) is 0. The molecule has 0 bridgehead atoms. The lowest BCUT2D eigenvalue weighted by molar-refractivity contribution is -0.113. The Labute approximate surface area is 179 Å². The summed E-state index contributed by atoms with van der Waals surface area (Å²) in [5.74, 6) is 0. The second-order valence-corrected chi connectivity index (χ2v) is 8.41. The van der Waals surface area contributed by atoms with Crippen LogP contribution >= 0.6 is 22.9 Å². The van der Waals surface area contributed by atoms with E-state index in [-0.39, 0.29) is 6.61 Å². The third-order valence-electron chi connectivity index (χ3n) is 4.94. The van der Waals surface area contributed by atoms with E-state index in [0.29, 0.717) is 28.3 Å². The zero-order valence-corrected chi connectivity index (χ0v) is 18.1. The Balaban J connectivity index is 0.00000117. The van der Waals surface area contributed by atoms with Crippen molar-refractivity contribution in [3.8, 4) is 0 Å². The quantitative estimate of drug-likeness (QED) is 0.511. The molecule has 2 N–H and O–H groups in total. The molecule has 1 aliphatic rings. The predicted octanol–water partition coefficient (Wildman–Crippen LogP) is 6.21. The van der Waals surface area contributed by atoms with Gasteiger partial charge in [0.1, 0.15) is 0 Å². The van der Waals surface area contributed by atoms with Crippen molar-refractivity contribution in [3.63, 3.8) is 0 Å². The third-order valence-corrected chi connectivity index (χ3v) is 6.44. The number of ether oxygens (including phenoxy) is 1. The topological polar surface area (TPSA) is 49.7 Å². The van der Waals surface area contributed by atoms with E-state index in [1.807, 2.05) is 44.2 Å². The van der Waals surface area contributed by atoms with Crippen molar-refractivity contribution in [1.82, 2.24) is 0 Å². The van der Waals surface area contributed by atoms with Crippen LogP contribution in [-0.2, 0) is 4.74 Å². The smallest absolute Gasteiger partial charge is 0.161 e. The largest absolute Gasteiger partial charge is 0.394 e. The van der Waals surface area contributed by atoms with E-state index >= 15 is 4.39 Å². The molecule has 1 aliphatic heterocycles. The van der Waals surface area contributed by atoms with Gasteiger partial charge >= 0.3 is 0 Å². The lowest BCUT2D eigenvalue weighted by atomic mass is 9.94. The zero-order valence-electron chi connectivity index (χ0n) is 16.5. The van der Waals surface area contributed by atoms with Crippen LogP contribution in [0.4, 0.5) is 4.39 Å². The highest BCUT2D eigenvalue weighted by atomic mass is 35.5. The van der Waals surface area contributed by atoms with Gasteiger partial charge in [-0.3, -0.25) is 0 Å². The number of hydrogen-bond donors (Lipinski definition) is 2. The zero-order chi connectivity index (χ0) is 21.0. The Bertz CT molecular complexity index is 912. The minimum atomic E-state index is -1.34. The summed E-state index contributed by atoms with van der Waals surface area (Å²) in [6, 6.07) is 14.8. The van der Waals surface area contributed by atoms with Gasteiger partial charge in [0.05, 0.1) is 24.9 Å². The molecule has 156 valence electrons. The average molecular weight is 437 g/mol. The normalized spacial score (nSPS) is 22.8. The fourth-order valence-corrected chi connectivity index (χ4v) is 4.83. The van der Waals surface area contributed by atoms with Crippen LogP contribution < -0.4 is 0 Å². The van der Waals surface area contributed by atoms with E-state index < -0.39 is 24.5 Å². The Hall–Kier alpha value is -1.50. The van der Waals surface area contributed by atoms with E-state index in [4.69, 9.17) is 16.3 Å². The van der Waals surface area contributed by atoms with Crippen molar-refractivity contribution in [2.45, 2.75) is 51.2 Å². The molecule has 0 spiro atoms. The molecule has 1 fully saturated rings. The summed E-state index contributed by atoms with van der Waals surface area (Å²) < 4.78 is 22.2. The number of aliphatic hydroxyl groups is 2. The van der Waals surface area contributed by atoms with E-state index in [0.717, 1.165) is 15.6 Å². The molecule has 3 aromatic rings. The first-order valence-electron chi connectivity index (χ1n) is 9.91. The van der Waals surface area contributed by atoms with Crippen molar-refractivity contribution in [2.75, 3.05) is 6.61 Å². The van der Waals surface area contributed by atoms with Crippen LogP contribution in [-0.4, -0.2) is 29.0 Å².